The highest BCUT2D eigenvalue weighted by molar-refractivity contribution is 6.14. The molecule has 0 fully saturated rings. The maximum absolute atomic E-state index is 12.6. The average Bonchev–Trinajstić information content (AvgIpc) is 3.28. The SMILES string of the molecule is CCN(CC)c1ccc2c(-c3ccccc3C(=O)OC)c3cc4nc[nH+]c4cc3oc2c1. The topological polar surface area (TPSA) is 69.7 Å². The molecular weight excluding hydrogens is 402 g/mol. The Morgan fingerprint density at radius 1 is 1.03 bits per heavy atom. The van der Waals surface area contributed by atoms with E-state index in [9.17, 15) is 4.79 Å². The number of aromatic nitrogens is 2. The summed E-state index contributed by atoms with van der Waals surface area (Å²) in [6, 6.07) is 17.7. The molecule has 0 bridgehead atoms. The molecule has 160 valence electrons. The van der Waals surface area contributed by atoms with Crippen LogP contribution < -0.4 is 9.88 Å². The van der Waals surface area contributed by atoms with Crippen molar-refractivity contribution in [3.8, 4) is 11.1 Å². The second-order valence-electron chi connectivity index (χ2n) is 7.64. The summed E-state index contributed by atoms with van der Waals surface area (Å²) in [5.41, 5.74) is 6.56. The third kappa shape index (κ3) is 3.15. The number of ether oxygens (including phenoxy) is 1. The van der Waals surface area contributed by atoms with Crippen LogP contribution in [0.2, 0.25) is 0 Å². The molecule has 2 heterocycles. The second kappa shape index (κ2) is 7.96. The van der Waals surface area contributed by atoms with Crippen LogP contribution in [0, 0.1) is 0 Å². The van der Waals surface area contributed by atoms with Crippen LogP contribution in [0.25, 0.3) is 44.1 Å². The molecule has 0 aliphatic carbocycles. The summed E-state index contributed by atoms with van der Waals surface area (Å²) in [5, 5.41) is 1.82. The van der Waals surface area contributed by atoms with E-state index in [1.165, 1.54) is 7.11 Å². The van der Waals surface area contributed by atoms with Gasteiger partial charge in [0.25, 0.3) is 6.33 Å². The lowest BCUT2D eigenvalue weighted by Crippen LogP contribution is -2.21. The molecule has 5 aromatic rings. The molecule has 0 radical (unpaired) electrons. The molecule has 3 aromatic carbocycles. The van der Waals surface area contributed by atoms with Crippen molar-refractivity contribution in [3.63, 3.8) is 0 Å². The van der Waals surface area contributed by atoms with Crippen molar-refractivity contribution >= 4 is 44.6 Å². The molecule has 2 aromatic heterocycles. The van der Waals surface area contributed by atoms with Gasteiger partial charge in [-0.2, -0.15) is 0 Å². The number of methoxy groups -OCH3 is 1. The van der Waals surface area contributed by atoms with Gasteiger partial charge in [-0.25, -0.2) is 9.78 Å². The number of imidazole rings is 1. The predicted octanol–water partition coefficient (Wildman–Crippen LogP) is 5.25. The Labute approximate surface area is 185 Å². The minimum atomic E-state index is -0.372. The van der Waals surface area contributed by atoms with Crippen LogP contribution >= 0.6 is 0 Å². The van der Waals surface area contributed by atoms with Gasteiger partial charge in [0.1, 0.15) is 11.2 Å². The van der Waals surface area contributed by atoms with Crippen LogP contribution in [-0.2, 0) is 4.74 Å². The first kappa shape index (κ1) is 20.0. The molecule has 32 heavy (non-hydrogen) atoms. The molecular formula is C26H24N3O3+. The minimum absolute atomic E-state index is 0.372. The fourth-order valence-corrected chi connectivity index (χ4v) is 4.37. The second-order valence-corrected chi connectivity index (χ2v) is 7.64. The van der Waals surface area contributed by atoms with E-state index in [0.717, 1.165) is 62.9 Å². The molecule has 5 rings (SSSR count). The first-order valence-corrected chi connectivity index (χ1v) is 10.7. The molecule has 6 nitrogen and oxygen atoms in total. The van der Waals surface area contributed by atoms with Crippen molar-refractivity contribution < 1.29 is 18.9 Å². The van der Waals surface area contributed by atoms with Crippen LogP contribution in [0.1, 0.15) is 24.2 Å². The van der Waals surface area contributed by atoms with Gasteiger partial charge in [-0.1, -0.05) is 18.2 Å². The molecule has 0 saturated heterocycles. The Hall–Kier alpha value is -3.93. The predicted molar refractivity (Wildman–Crippen MR) is 126 cm³/mol. The van der Waals surface area contributed by atoms with E-state index in [1.54, 1.807) is 12.4 Å². The summed E-state index contributed by atoms with van der Waals surface area (Å²) >= 11 is 0. The number of carbonyl (C=O) groups is 1. The smallest absolute Gasteiger partial charge is 0.338 e. The first-order valence-electron chi connectivity index (χ1n) is 10.7. The number of anilines is 1. The molecule has 0 aliphatic heterocycles. The highest BCUT2D eigenvalue weighted by atomic mass is 16.5. The third-order valence-electron chi connectivity index (χ3n) is 5.98. The molecule has 0 spiro atoms. The largest absolute Gasteiger partial charge is 0.465 e. The van der Waals surface area contributed by atoms with Gasteiger partial charge in [0, 0.05) is 53.3 Å². The summed E-state index contributed by atoms with van der Waals surface area (Å²) in [4.78, 5) is 22.5. The number of aromatic amines is 1. The summed E-state index contributed by atoms with van der Waals surface area (Å²) in [6.45, 7) is 6.08. The number of nitrogens with one attached hydrogen (secondary N) is 1. The van der Waals surface area contributed by atoms with E-state index in [0.29, 0.717) is 5.56 Å². The number of carbonyl (C=O) groups excluding carboxylic acids is 1. The summed E-state index contributed by atoms with van der Waals surface area (Å²) in [5.74, 6) is -0.372. The fourth-order valence-electron chi connectivity index (χ4n) is 4.37. The first-order chi connectivity index (χ1) is 15.6. The number of benzene rings is 3. The number of nitrogens with zero attached hydrogens (tertiary/aromatic N) is 2. The highest BCUT2D eigenvalue weighted by Crippen LogP contribution is 2.40. The Bertz CT molecular complexity index is 1470. The molecule has 0 aliphatic rings. The maximum Gasteiger partial charge on any atom is 0.338 e. The van der Waals surface area contributed by atoms with Gasteiger partial charge in [0.2, 0.25) is 5.52 Å². The van der Waals surface area contributed by atoms with Gasteiger partial charge in [0.05, 0.1) is 12.7 Å². The van der Waals surface area contributed by atoms with Crippen LogP contribution in [0.5, 0.6) is 0 Å². The van der Waals surface area contributed by atoms with Crippen molar-refractivity contribution in [2.24, 2.45) is 0 Å². The van der Waals surface area contributed by atoms with E-state index in [2.05, 4.69) is 46.9 Å². The van der Waals surface area contributed by atoms with Gasteiger partial charge >= 0.3 is 5.97 Å². The number of fused-ring (bicyclic) bond motifs is 3. The molecule has 6 heteroatoms. The summed E-state index contributed by atoms with van der Waals surface area (Å²) < 4.78 is 11.5. The zero-order valence-electron chi connectivity index (χ0n) is 18.3. The molecule has 0 saturated carbocycles. The number of hydrogen-bond acceptors (Lipinski definition) is 5. The third-order valence-corrected chi connectivity index (χ3v) is 5.98. The number of hydrogen-bond donors (Lipinski definition) is 0. The van der Waals surface area contributed by atoms with E-state index in [-0.39, 0.29) is 5.97 Å². The lowest BCUT2D eigenvalue weighted by atomic mass is 9.93. The number of rotatable bonds is 5. The lowest BCUT2D eigenvalue weighted by molar-refractivity contribution is -0.344. The quantitative estimate of drug-likeness (QED) is 0.284. The monoisotopic (exact) mass is 426 g/mol. The van der Waals surface area contributed by atoms with E-state index in [4.69, 9.17) is 9.15 Å². The van der Waals surface area contributed by atoms with Crippen LogP contribution in [0.3, 0.4) is 0 Å². The normalized spacial score (nSPS) is 11.3. The fraction of sp³-hybridized carbons (Fsp3) is 0.192. The van der Waals surface area contributed by atoms with Gasteiger partial charge in [-0.15, -0.1) is 0 Å². The van der Waals surface area contributed by atoms with Crippen LogP contribution in [0.15, 0.2) is 65.3 Å². The number of esters is 1. The maximum atomic E-state index is 12.6. The van der Waals surface area contributed by atoms with Crippen molar-refractivity contribution in [1.29, 1.82) is 0 Å². The average molecular weight is 426 g/mol. The number of H-pyrrole nitrogens is 1. The molecule has 1 N–H and O–H groups in total. The Kier molecular flexibility index (Phi) is 4.98. The summed E-state index contributed by atoms with van der Waals surface area (Å²) in [7, 11) is 1.40. The zero-order chi connectivity index (χ0) is 22.2. The van der Waals surface area contributed by atoms with E-state index in [1.807, 2.05) is 30.3 Å². The van der Waals surface area contributed by atoms with Crippen LogP contribution in [-0.4, -0.2) is 31.2 Å². The van der Waals surface area contributed by atoms with Crippen molar-refractivity contribution in [2.45, 2.75) is 13.8 Å². The van der Waals surface area contributed by atoms with Gasteiger partial charge in [-0.3, -0.25) is 0 Å². The van der Waals surface area contributed by atoms with E-state index < -0.39 is 0 Å². The van der Waals surface area contributed by atoms with E-state index >= 15 is 0 Å². The van der Waals surface area contributed by atoms with Crippen LogP contribution in [0.4, 0.5) is 5.69 Å². The molecule has 0 atom stereocenters. The van der Waals surface area contributed by atoms with Crippen molar-refractivity contribution in [1.82, 2.24) is 4.98 Å². The standard InChI is InChI=1S/C26H23N3O3/c1-4-29(5-2)16-10-11-19-23(12-16)32-24-14-22-21(27-15-28-22)13-20(24)25(19)17-8-6-7-9-18(17)26(30)31-3/h6-15H,4-5H2,1-3H3/p+1. The highest BCUT2D eigenvalue weighted by Gasteiger charge is 2.21. The van der Waals surface area contributed by atoms with Gasteiger partial charge < -0.3 is 14.1 Å². The minimum Gasteiger partial charge on any atom is -0.465 e. The van der Waals surface area contributed by atoms with Gasteiger partial charge in [0.15, 0.2) is 5.52 Å². The van der Waals surface area contributed by atoms with Crippen molar-refractivity contribution in [3.05, 3.63) is 66.5 Å². The molecule has 0 unspecified atom stereocenters. The molecule has 0 amide bonds. The zero-order valence-corrected chi connectivity index (χ0v) is 18.3. The summed E-state index contributed by atoms with van der Waals surface area (Å²) in [6.07, 6.45) is 1.67. The van der Waals surface area contributed by atoms with Crippen molar-refractivity contribution in [2.75, 3.05) is 25.1 Å². The Morgan fingerprint density at radius 2 is 1.81 bits per heavy atom. The Balaban J connectivity index is 1.91. The van der Waals surface area contributed by atoms with Gasteiger partial charge in [-0.05, 0) is 42.6 Å². The Morgan fingerprint density at radius 3 is 2.59 bits per heavy atom. The lowest BCUT2D eigenvalue weighted by Gasteiger charge is -2.22.